The van der Waals surface area contributed by atoms with Crippen molar-refractivity contribution in [2.75, 3.05) is 17.6 Å². The number of benzene rings is 1. The number of alkyl halides is 1. The predicted molar refractivity (Wildman–Crippen MR) is 118 cm³/mol. The molecule has 1 heterocycles. The van der Waals surface area contributed by atoms with Crippen molar-refractivity contribution >= 4 is 54.0 Å². The summed E-state index contributed by atoms with van der Waals surface area (Å²) in [6.07, 6.45) is 3.77. The number of hydrogen-bond acceptors (Lipinski definition) is 5. The molecular weight excluding hydrogens is 446 g/mol. The highest BCUT2D eigenvalue weighted by molar-refractivity contribution is 8.26. The number of nitrogens with zero attached hydrogens (tertiary/aromatic N) is 2. The van der Waals surface area contributed by atoms with Gasteiger partial charge in [0.25, 0.3) is 0 Å². The first-order chi connectivity index (χ1) is 13.3. The number of halogens is 4. The van der Waals surface area contributed by atoms with Crippen molar-refractivity contribution in [3.05, 3.63) is 46.4 Å². The molecule has 0 aliphatic heterocycles. The summed E-state index contributed by atoms with van der Waals surface area (Å²) in [5.74, 6) is 0.955. The van der Waals surface area contributed by atoms with E-state index in [1.54, 1.807) is 6.07 Å². The minimum Gasteiger partial charge on any atom is -0.370 e. The molecule has 0 amide bonds. The highest BCUT2D eigenvalue weighted by Crippen LogP contribution is 2.23. The van der Waals surface area contributed by atoms with Gasteiger partial charge in [0.15, 0.2) is 0 Å². The van der Waals surface area contributed by atoms with E-state index >= 15 is 0 Å². The van der Waals surface area contributed by atoms with Crippen molar-refractivity contribution in [3.8, 4) is 0 Å². The van der Waals surface area contributed by atoms with Crippen LogP contribution in [0.1, 0.15) is 48.6 Å². The summed E-state index contributed by atoms with van der Waals surface area (Å²) in [6.45, 7) is 4.84. The molecule has 0 saturated carbocycles. The quantitative estimate of drug-likeness (QED) is 0.304. The normalized spacial score (nSPS) is 10.5. The molecule has 0 atom stereocenters. The minimum absolute atomic E-state index is 0.229. The molecule has 2 rings (SSSR count). The van der Waals surface area contributed by atoms with E-state index in [0.29, 0.717) is 23.7 Å². The van der Waals surface area contributed by atoms with Crippen molar-refractivity contribution in [3.63, 3.8) is 0 Å². The Morgan fingerprint density at radius 1 is 1.25 bits per heavy atom. The molecule has 0 aliphatic rings. The van der Waals surface area contributed by atoms with E-state index in [0.717, 1.165) is 42.6 Å². The summed E-state index contributed by atoms with van der Waals surface area (Å²) in [6, 6.07) is 5.08. The predicted octanol–water partition coefficient (Wildman–Crippen LogP) is 5.48. The third-order valence-corrected chi connectivity index (χ3v) is 4.25. The highest BCUT2D eigenvalue weighted by Gasteiger charge is 2.14. The standard InChI is InChI=1S/C18H24ClFN4.Cl2OS/c1-3-4-5-8-22-17-15(12(2)23-18(21)24-17)10-14-7-6-13(11-19)9-16(14)20;1-4(2)3/h6-7,9H,3-5,8,10-11H2,1-2H3,(H3,21,22,23,24);. The number of anilines is 2. The molecular formula is C18H24Cl3FN4OS. The number of hydrogen-bond donors (Lipinski definition) is 2. The van der Waals surface area contributed by atoms with Crippen molar-refractivity contribution in [1.82, 2.24) is 9.97 Å². The van der Waals surface area contributed by atoms with Crippen molar-refractivity contribution in [2.24, 2.45) is 0 Å². The Bertz CT molecular complexity index is 792. The zero-order valence-electron chi connectivity index (χ0n) is 15.8. The largest absolute Gasteiger partial charge is 0.370 e. The lowest BCUT2D eigenvalue weighted by atomic mass is 10.0. The summed E-state index contributed by atoms with van der Waals surface area (Å²) >= 11 is 5.75. The van der Waals surface area contributed by atoms with Gasteiger partial charge in [-0.3, -0.25) is 0 Å². The summed E-state index contributed by atoms with van der Waals surface area (Å²) in [7, 11) is 7.36. The maximum atomic E-state index is 14.3. The van der Waals surface area contributed by atoms with Crippen LogP contribution in [0.2, 0.25) is 0 Å². The third-order valence-electron chi connectivity index (χ3n) is 3.94. The molecule has 28 heavy (non-hydrogen) atoms. The number of unbranched alkanes of at least 4 members (excludes halogenated alkanes) is 2. The van der Waals surface area contributed by atoms with Crippen LogP contribution < -0.4 is 11.1 Å². The van der Waals surface area contributed by atoms with Gasteiger partial charge in [-0.2, -0.15) is 4.98 Å². The first kappa shape index (κ1) is 24.9. The van der Waals surface area contributed by atoms with E-state index in [9.17, 15) is 4.39 Å². The number of aryl methyl sites for hydroxylation is 1. The Labute approximate surface area is 181 Å². The van der Waals surface area contributed by atoms with E-state index in [2.05, 4.69) is 43.6 Å². The van der Waals surface area contributed by atoms with Crippen LogP contribution in [-0.4, -0.2) is 20.7 Å². The maximum Gasteiger partial charge on any atom is 0.222 e. The molecule has 0 bridgehead atoms. The van der Waals surface area contributed by atoms with E-state index in [4.69, 9.17) is 21.5 Å². The highest BCUT2D eigenvalue weighted by atomic mass is 36.0. The molecule has 2 aromatic rings. The number of aromatic nitrogens is 2. The topological polar surface area (TPSA) is 80.9 Å². The molecule has 3 N–H and O–H groups in total. The Hall–Kier alpha value is -1.15. The minimum atomic E-state index is -1.67. The van der Waals surface area contributed by atoms with E-state index < -0.39 is 9.23 Å². The van der Waals surface area contributed by atoms with Gasteiger partial charge in [-0.05, 0) is 30.5 Å². The zero-order valence-corrected chi connectivity index (χ0v) is 18.9. The second kappa shape index (κ2) is 13.1. The SMILES string of the molecule is CCCCCNc1nc(N)nc(C)c1Cc1ccc(CCl)cc1F.O=S(Cl)Cl. The molecule has 0 aliphatic carbocycles. The van der Waals surface area contributed by atoms with Crippen LogP contribution in [0.25, 0.3) is 0 Å². The van der Waals surface area contributed by atoms with Crippen LogP contribution in [0.5, 0.6) is 0 Å². The number of nitrogens with one attached hydrogen (secondary N) is 1. The van der Waals surface area contributed by atoms with Gasteiger partial charge in [0, 0.05) is 51.5 Å². The average Bonchev–Trinajstić information content (AvgIpc) is 2.62. The zero-order chi connectivity index (χ0) is 21.1. The van der Waals surface area contributed by atoms with Crippen LogP contribution in [0.15, 0.2) is 18.2 Å². The van der Waals surface area contributed by atoms with Gasteiger partial charge >= 0.3 is 0 Å². The third kappa shape index (κ3) is 8.90. The summed E-state index contributed by atoms with van der Waals surface area (Å²) in [4.78, 5) is 8.52. The Kier molecular flexibility index (Phi) is 11.7. The summed E-state index contributed by atoms with van der Waals surface area (Å²) in [5, 5.41) is 3.32. The summed E-state index contributed by atoms with van der Waals surface area (Å²) < 4.78 is 23.4. The fourth-order valence-electron chi connectivity index (χ4n) is 2.57. The molecule has 0 saturated heterocycles. The Morgan fingerprint density at radius 3 is 2.50 bits per heavy atom. The average molecular weight is 470 g/mol. The van der Waals surface area contributed by atoms with Crippen LogP contribution in [-0.2, 0) is 21.5 Å². The molecule has 156 valence electrons. The molecule has 0 spiro atoms. The first-order valence-corrected chi connectivity index (χ1v) is 12.1. The van der Waals surface area contributed by atoms with Gasteiger partial charge in [-0.15, -0.1) is 11.6 Å². The molecule has 0 radical (unpaired) electrons. The fraction of sp³-hybridized carbons (Fsp3) is 0.444. The molecule has 5 nitrogen and oxygen atoms in total. The maximum absolute atomic E-state index is 14.3. The van der Waals surface area contributed by atoms with Crippen LogP contribution in [0.4, 0.5) is 16.2 Å². The lowest BCUT2D eigenvalue weighted by molar-refractivity contribution is 0.612. The van der Waals surface area contributed by atoms with Gasteiger partial charge in [-0.25, -0.2) is 13.6 Å². The molecule has 1 aromatic heterocycles. The molecule has 10 heteroatoms. The Morgan fingerprint density at radius 2 is 1.93 bits per heavy atom. The monoisotopic (exact) mass is 468 g/mol. The van der Waals surface area contributed by atoms with Crippen molar-refractivity contribution in [1.29, 1.82) is 0 Å². The second-order valence-corrected chi connectivity index (χ2v) is 8.84. The van der Waals surface area contributed by atoms with Crippen molar-refractivity contribution < 1.29 is 8.60 Å². The lowest BCUT2D eigenvalue weighted by Crippen LogP contribution is -2.12. The van der Waals surface area contributed by atoms with Gasteiger partial charge in [0.2, 0.25) is 15.2 Å². The van der Waals surface area contributed by atoms with Crippen molar-refractivity contribution in [2.45, 2.75) is 45.4 Å². The smallest absolute Gasteiger partial charge is 0.222 e. The van der Waals surface area contributed by atoms with Crippen LogP contribution in [0.3, 0.4) is 0 Å². The van der Waals surface area contributed by atoms with Crippen LogP contribution >= 0.6 is 33.0 Å². The Balaban J connectivity index is 0.000000892. The number of nitrogens with two attached hydrogens (primary N) is 1. The number of rotatable bonds is 8. The van der Waals surface area contributed by atoms with E-state index in [1.165, 1.54) is 6.07 Å². The molecule has 1 aromatic carbocycles. The second-order valence-electron chi connectivity index (χ2n) is 6.05. The van der Waals surface area contributed by atoms with E-state index in [-0.39, 0.29) is 11.8 Å². The fourth-order valence-corrected chi connectivity index (χ4v) is 2.73. The van der Waals surface area contributed by atoms with Crippen LogP contribution in [0, 0.1) is 12.7 Å². The van der Waals surface area contributed by atoms with Gasteiger partial charge < -0.3 is 11.1 Å². The number of nitrogen functional groups attached to an aromatic ring is 1. The van der Waals surface area contributed by atoms with Gasteiger partial charge in [-0.1, -0.05) is 31.9 Å². The summed E-state index contributed by atoms with van der Waals surface area (Å²) in [5.41, 5.74) is 8.77. The van der Waals surface area contributed by atoms with E-state index in [1.807, 2.05) is 13.0 Å². The first-order valence-electron chi connectivity index (χ1n) is 8.72. The van der Waals surface area contributed by atoms with Gasteiger partial charge in [0.05, 0.1) is 0 Å². The lowest BCUT2D eigenvalue weighted by Gasteiger charge is -2.14. The molecule has 0 unspecified atom stereocenters. The van der Waals surface area contributed by atoms with Gasteiger partial charge in [0.1, 0.15) is 11.6 Å². The molecule has 0 fully saturated rings.